The van der Waals surface area contributed by atoms with Crippen molar-refractivity contribution >= 4 is 22.6 Å². The van der Waals surface area contributed by atoms with Gasteiger partial charge in [-0.3, -0.25) is 14.7 Å². The first-order valence-electron chi connectivity index (χ1n) is 11.3. The molecule has 0 saturated carbocycles. The second kappa shape index (κ2) is 10.7. The van der Waals surface area contributed by atoms with E-state index < -0.39 is 0 Å². The predicted octanol–water partition coefficient (Wildman–Crippen LogP) is 4.12. The van der Waals surface area contributed by atoms with Crippen LogP contribution in [0.5, 0.6) is 0 Å². The van der Waals surface area contributed by atoms with Gasteiger partial charge in [0.2, 0.25) is 11.8 Å². The second-order valence-electron chi connectivity index (χ2n) is 8.30. The topological polar surface area (TPSA) is 78.1 Å². The van der Waals surface area contributed by atoms with Crippen molar-refractivity contribution in [2.75, 3.05) is 20.1 Å². The molecule has 7 heteroatoms. The number of carbonyl (C=O) groups excluding carboxylic acids is 2. The minimum absolute atomic E-state index is 0.0339. The number of aryl methyl sites for hydroxylation is 1. The maximum atomic E-state index is 13.4. The number of H-pyrrole nitrogens is 1. The van der Waals surface area contributed by atoms with Crippen molar-refractivity contribution in [3.8, 4) is 11.3 Å². The summed E-state index contributed by atoms with van der Waals surface area (Å²) in [5, 5.41) is 12.1. The van der Waals surface area contributed by atoms with Crippen LogP contribution in [-0.4, -0.2) is 47.0 Å². The van der Waals surface area contributed by atoms with Gasteiger partial charge in [0.05, 0.1) is 18.7 Å². The van der Waals surface area contributed by atoms with E-state index in [9.17, 15) is 14.0 Å². The van der Waals surface area contributed by atoms with E-state index in [0.29, 0.717) is 24.2 Å². The first-order chi connectivity index (χ1) is 16.5. The summed E-state index contributed by atoms with van der Waals surface area (Å²) >= 11 is 0. The average molecular weight is 459 g/mol. The van der Waals surface area contributed by atoms with Crippen molar-refractivity contribution in [1.82, 2.24) is 20.4 Å². The molecule has 0 atom stereocenters. The Bertz CT molecular complexity index is 1300. The molecule has 34 heavy (non-hydrogen) atoms. The van der Waals surface area contributed by atoms with Crippen molar-refractivity contribution in [3.05, 3.63) is 89.9 Å². The molecule has 2 N–H and O–H groups in total. The highest BCUT2D eigenvalue weighted by Gasteiger charge is 2.12. The molecule has 2 amide bonds. The molecule has 0 bridgehead atoms. The lowest BCUT2D eigenvalue weighted by Gasteiger charge is -2.17. The number of hydrogen-bond acceptors (Lipinski definition) is 3. The van der Waals surface area contributed by atoms with Gasteiger partial charge in [-0.2, -0.15) is 5.10 Å². The van der Waals surface area contributed by atoms with Crippen LogP contribution in [0.25, 0.3) is 22.0 Å². The van der Waals surface area contributed by atoms with E-state index in [1.165, 1.54) is 12.1 Å². The minimum atomic E-state index is -0.300. The fraction of sp³-hybridized carbons (Fsp3) is 0.222. The number of aromatic amines is 1. The molecule has 0 aliphatic carbocycles. The highest BCUT2D eigenvalue weighted by Crippen LogP contribution is 2.20. The molecule has 1 heterocycles. The molecule has 0 aliphatic rings. The number of amides is 2. The normalized spacial score (nSPS) is 10.9. The number of carbonyl (C=O) groups is 2. The molecule has 0 saturated heterocycles. The predicted molar refractivity (Wildman–Crippen MR) is 131 cm³/mol. The van der Waals surface area contributed by atoms with Gasteiger partial charge in [0.15, 0.2) is 0 Å². The van der Waals surface area contributed by atoms with E-state index in [-0.39, 0.29) is 30.6 Å². The van der Waals surface area contributed by atoms with Gasteiger partial charge >= 0.3 is 0 Å². The molecule has 174 valence electrons. The third kappa shape index (κ3) is 5.86. The van der Waals surface area contributed by atoms with Crippen molar-refractivity contribution in [1.29, 1.82) is 0 Å². The van der Waals surface area contributed by atoms with Gasteiger partial charge in [-0.15, -0.1) is 0 Å². The lowest BCUT2D eigenvalue weighted by atomic mass is 10.0. The van der Waals surface area contributed by atoms with E-state index in [1.54, 1.807) is 18.0 Å². The fourth-order valence-corrected chi connectivity index (χ4v) is 3.91. The summed E-state index contributed by atoms with van der Waals surface area (Å²) in [7, 11) is 1.73. The maximum absolute atomic E-state index is 13.4. The van der Waals surface area contributed by atoms with Gasteiger partial charge in [-0.25, -0.2) is 4.39 Å². The van der Waals surface area contributed by atoms with Crippen LogP contribution in [0.4, 0.5) is 4.39 Å². The lowest BCUT2D eigenvalue weighted by Crippen LogP contribution is -2.39. The monoisotopic (exact) mass is 458 g/mol. The fourth-order valence-electron chi connectivity index (χ4n) is 3.91. The third-order valence-electron chi connectivity index (χ3n) is 5.78. The summed E-state index contributed by atoms with van der Waals surface area (Å²) in [6.07, 6.45) is 1.66. The average Bonchev–Trinajstić information content (AvgIpc) is 3.32. The van der Waals surface area contributed by atoms with E-state index in [0.717, 1.165) is 28.5 Å². The molecule has 4 aromatic rings. The van der Waals surface area contributed by atoms with Crippen LogP contribution >= 0.6 is 0 Å². The van der Waals surface area contributed by atoms with E-state index in [2.05, 4.69) is 15.5 Å². The van der Waals surface area contributed by atoms with Crippen LogP contribution in [0.3, 0.4) is 0 Å². The number of likely N-dealkylation sites (N-methyl/N-ethyl adjacent to an activating group) is 1. The molecule has 4 rings (SSSR count). The second-order valence-corrected chi connectivity index (χ2v) is 8.30. The Morgan fingerprint density at radius 1 is 1.03 bits per heavy atom. The molecular formula is C27H27FN4O2. The van der Waals surface area contributed by atoms with Crippen LogP contribution in [0.2, 0.25) is 0 Å². The van der Waals surface area contributed by atoms with Crippen LogP contribution < -0.4 is 5.32 Å². The van der Waals surface area contributed by atoms with Crippen LogP contribution in [0, 0.1) is 5.82 Å². The van der Waals surface area contributed by atoms with E-state index >= 15 is 0 Å². The Morgan fingerprint density at radius 3 is 2.68 bits per heavy atom. The van der Waals surface area contributed by atoms with E-state index in [1.807, 2.05) is 54.6 Å². The third-order valence-corrected chi connectivity index (χ3v) is 5.78. The Kier molecular flexibility index (Phi) is 7.32. The number of rotatable bonds is 9. The van der Waals surface area contributed by atoms with Crippen LogP contribution in [0.1, 0.15) is 17.7 Å². The smallest absolute Gasteiger partial charge is 0.241 e. The summed E-state index contributed by atoms with van der Waals surface area (Å²) < 4.78 is 13.4. The summed E-state index contributed by atoms with van der Waals surface area (Å²) in [6, 6.07) is 22.0. The number of hydrogen-bond donors (Lipinski definition) is 2. The zero-order chi connectivity index (χ0) is 23.9. The van der Waals surface area contributed by atoms with E-state index in [4.69, 9.17) is 0 Å². The molecule has 0 radical (unpaired) electrons. The van der Waals surface area contributed by atoms with Gasteiger partial charge in [-0.1, -0.05) is 54.6 Å². The first kappa shape index (κ1) is 23.2. The molecule has 3 aromatic carbocycles. The Hall–Kier alpha value is -4.00. The van der Waals surface area contributed by atoms with Crippen molar-refractivity contribution in [2.24, 2.45) is 0 Å². The lowest BCUT2D eigenvalue weighted by molar-refractivity contribution is -0.131. The molecule has 1 aromatic heterocycles. The number of benzene rings is 3. The molecule has 0 unspecified atom stereocenters. The molecule has 0 spiro atoms. The number of fused-ring (bicyclic) bond motifs is 1. The number of halogens is 1. The summed E-state index contributed by atoms with van der Waals surface area (Å²) in [6.45, 7) is 0.514. The number of aromatic nitrogens is 2. The zero-order valence-corrected chi connectivity index (χ0v) is 19.1. The number of nitrogens with one attached hydrogen (secondary N) is 2. The van der Waals surface area contributed by atoms with Crippen molar-refractivity contribution in [2.45, 2.75) is 19.3 Å². The number of nitrogens with zero attached hydrogens (tertiary/aromatic N) is 2. The summed E-state index contributed by atoms with van der Waals surface area (Å²) in [5.41, 5.74) is 3.26. The Morgan fingerprint density at radius 2 is 1.82 bits per heavy atom. The quantitative estimate of drug-likeness (QED) is 0.396. The van der Waals surface area contributed by atoms with Crippen LogP contribution in [0.15, 0.2) is 72.8 Å². The van der Waals surface area contributed by atoms with Gasteiger partial charge in [0.25, 0.3) is 0 Å². The van der Waals surface area contributed by atoms with Gasteiger partial charge in [0, 0.05) is 24.8 Å². The zero-order valence-electron chi connectivity index (χ0n) is 19.1. The van der Waals surface area contributed by atoms with Crippen molar-refractivity contribution in [3.63, 3.8) is 0 Å². The molecule has 6 nitrogen and oxygen atoms in total. The highest BCUT2D eigenvalue weighted by molar-refractivity contribution is 5.91. The summed E-state index contributed by atoms with van der Waals surface area (Å²) in [5.74, 6) is -0.622. The van der Waals surface area contributed by atoms with Crippen molar-refractivity contribution < 1.29 is 14.0 Å². The Balaban J connectivity index is 1.21. The van der Waals surface area contributed by atoms with Crippen LogP contribution in [-0.2, 0) is 22.4 Å². The molecular weight excluding hydrogens is 431 g/mol. The molecule has 0 fully saturated rings. The van der Waals surface area contributed by atoms with Gasteiger partial charge < -0.3 is 10.2 Å². The Labute approximate surface area is 197 Å². The highest BCUT2D eigenvalue weighted by atomic mass is 19.1. The SMILES string of the molecule is CN(CCCc1cc(-c2cccc(F)c2)n[nH]1)C(=O)CNC(=O)Cc1cccc2ccccc12. The summed E-state index contributed by atoms with van der Waals surface area (Å²) in [4.78, 5) is 26.5. The maximum Gasteiger partial charge on any atom is 0.241 e. The molecule has 0 aliphatic heterocycles. The van der Waals surface area contributed by atoms with Gasteiger partial charge in [-0.05, 0) is 47.4 Å². The van der Waals surface area contributed by atoms with Gasteiger partial charge in [0.1, 0.15) is 5.82 Å². The first-order valence-corrected chi connectivity index (χ1v) is 11.3. The largest absolute Gasteiger partial charge is 0.347 e. The minimum Gasteiger partial charge on any atom is -0.347 e. The standard InChI is InChI=1S/C27H27FN4O2/c1-32(14-6-12-23-17-25(31-30-23)21-10-5-11-22(28)15-21)27(34)18-29-26(33)16-20-9-4-8-19-7-2-3-13-24(19)20/h2-5,7-11,13,15,17H,6,12,14,16,18H2,1H3,(H,29,33)(H,30,31).